The van der Waals surface area contributed by atoms with Gasteiger partial charge in [0.25, 0.3) is 5.88 Å². The summed E-state index contributed by atoms with van der Waals surface area (Å²) in [5.74, 6) is 0.555. The average Bonchev–Trinajstić information content (AvgIpc) is 2.57. The van der Waals surface area contributed by atoms with E-state index in [1.165, 1.54) is 0 Å². The van der Waals surface area contributed by atoms with E-state index < -0.39 is 4.92 Å². The molecule has 0 amide bonds. The predicted molar refractivity (Wildman–Crippen MR) is 63.3 cm³/mol. The van der Waals surface area contributed by atoms with Crippen molar-refractivity contribution >= 4 is 5.82 Å². The van der Waals surface area contributed by atoms with Crippen LogP contribution in [0.1, 0.15) is 19.2 Å². The zero-order chi connectivity index (χ0) is 12.8. The van der Waals surface area contributed by atoms with Crippen molar-refractivity contribution in [3.63, 3.8) is 0 Å². The molecule has 0 saturated heterocycles. The highest BCUT2D eigenvalue weighted by Crippen LogP contribution is 2.25. The van der Waals surface area contributed by atoms with E-state index in [1.807, 2.05) is 0 Å². The van der Waals surface area contributed by atoms with Gasteiger partial charge in [-0.3, -0.25) is 4.57 Å². The Bertz CT molecular complexity index is 389. The molecule has 0 aliphatic heterocycles. The number of imidazole rings is 1. The maximum absolute atomic E-state index is 10.8. The van der Waals surface area contributed by atoms with Gasteiger partial charge in [0.05, 0.1) is 0 Å². The smallest absolute Gasteiger partial charge is 0.426 e. The van der Waals surface area contributed by atoms with E-state index in [4.69, 9.17) is 4.74 Å². The topological polar surface area (TPSA) is 82.2 Å². The number of nitrogens with zero attached hydrogens (tertiary/aromatic N) is 3. The number of aromatic nitrogens is 2. The molecule has 1 rings (SSSR count). The van der Waals surface area contributed by atoms with Crippen LogP contribution in [0, 0.1) is 17.0 Å². The van der Waals surface area contributed by atoms with Gasteiger partial charge in [0.15, 0.2) is 0 Å². The minimum Gasteiger partial charge on any atom is -0.471 e. The zero-order valence-corrected chi connectivity index (χ0v) is 10.4. The van der Waals surface area contributed by atoms with Crippen LogP contribution in [0.3, 0.4) is 0 Å². The summed E-state index contributed by atoms with van der Waals surface area (Å²) in [5, 5.41) is 13.9. The largest absolute Gasteiger partial charge is 0.471 e. The van der Waals surface area contributed by atoms with E-state index in [0.29, 0.717) is 19.0 Å². The van der Waals surface area contributed by atoms with Crippen molar-refractivity contribution in [2.75, 3.05) is 19.7 Å². The molecule has 0 spiro atoms. The Morgan fingerprint density at radius 3 is 2.82 bits per heavy atom. The summed E-state index contributed by atoms with van der Waals surface area (Å²) < 4.78 is 6.97. The summed E-state index contributed by atoms with van der Waals surface area (Å²) in [4.78, 5) is 14.1. The first-order valence-corrected chi connectivity index (χ1v) is 5.59. The fourth-order valence-corrected chi connectivity index (χ4v) is 1.37. The van der Waals surface area contributed by atoms with Crippen molar-refractivity contribution in [2.45, 2.75) is 20.3 Å². The van der Waals surface area contributed by atoms with Gasteiger partial charge in [-0.05, 0) is 22.9 Å². The van der Waals surface area contributed by atoms with Crippen LogP contribution in [0.4, 0.5) is 5.82 Å². The highest BCUT2D eigenvalue weighted by atomic mass is 16.6. The quantitative estimate of drug-likeness (QED) is 0.438. The normalized spacial score (nSPS) is 10.5. The molecule has 1 N–H and O–H groups in total. The Balaban J connectivity index is 2.60. The molecule has 7 nitrogen and oxygen atoms in total. The van der Waals surface area contributed by atoms with Crippen molar-refractivity contribution < 1.29 is 9.66 Å². The zero-order valence-electron chi connectivity index (χ0n) is 10.4. The van der Waals surface area contributed by atoms with Gasteiger partial charge in [-0.2, -0.15) is 0 Å². The maximum Gasteiger partial charge on any atom is 0.426 e. The number of aryl methyl sites for hydroxylation is 1. The summed E-state index contributed by atoms with van der Waals surface area (Å²) in [6.07, 6.45) is 1.05. The molecular weight excluding hydrogens is 224 g/mol. The molecule has 0 bridgehead atoms. The van der Waals surface area contributed by atoms with Gasteiger partial charge in [-0.25, -0.2) is 0 Å². The molecule has 1 aromatic heterocycles. The van der Waals surface area contributed by atoms with Gasteiger partial charge in [0.2, 0.25) is 5.82 Å². The third-order valence-electron chi connectivity index (χ3n) is 2.37. The van der Waals surface area contributed by atoms with Crippen molar-refractivity contribution in [1.29, 1.82) is 0 Å². The van der Waals surface area contributed by atoms with Crippen LogP contribution in [0.5, 0.6) is 5.88 Å². The van der Waals surface area contributed by atoms with E-state index >= 15 is 0 Å². The number of hydrogen-bond donors (Lipinski definition) is 1. The van der Waals surface area contributed by atoms with Gasteiger partial charge in [0.1, 0.15) is 6.61 Å². The molecule has 7 heteroatoms. The van der Waals surface area contributed by atoms with Crippen LogP contribution >= 0.6 is 0 Å². The van der Waals surface area contributed by atoms with Gasteiger partial charge in [-0.15, -0.1) is 0 Å². The van der Waals surface area contributed by atoms with Gasteiger partial charge in [-0.1, -0.05) is 6.92 Å². The molecule has 96 valence electrons. The second kappa shape index (κ2) is 6.19. The second-order valence-corrected chi connectivity index (χ2v) is 3.70. The van der Waals surface area contributed by atoms with Crippen molar-refractivity contribution in [1.82, 2.24) is 14.9 Å². The summed E-state index contributed by atoms with van der Waals surface area (Å²) >= 11 is 0. The molecule has 0 aliphatic carbocycles. The third-order valence-corrected chi connectivity index (χ3v) is 2.37. The monoisotopic (exact) mass is 242 g/mol. The van der Waals surface area contributed by atoms with Crippen molar-refractivity contribution in [3.05, 3.63) is 15.9 Å². The van der Waals surface area contributed by atoms with E-state index in [1.54, 1.807) is 18.5 Å². The molecule has 0 aliphatic rings. The highest BCUT2D eigenvalue weighted by molar-refractivity contribution is 5.35. The van der Waals surface area contributed by atoms with Gasteiger partial charge in [0, 0.05) is 20.5 Å². The highest BCUT2D eigenvalue weighted by Gasteiger charge is 2.24. The standard InChI is InChI=1S/C10H18N4O3/c1-4-5-11-6-7-17-10-9(14(15)16)12-8(2)13(10)3/h11H,4-7H2,1-3H3. The van der Waals surface area contributed by atoms with Gasteiger partial charge < -0.3 is 20.2 Å². The first-order chi connectivity index (χ1) is 8.07. The minimum atomic E-state index is -0.526. The predicted octanol–water partition coefficient (Wildman–Crippen LogP) is 1.02. The lowest BCUT2D eigenvalue weighted by molar-refractivity contribution is -0.390. The van der Waals surface area contributed by atoms with E-state index in [-0.39, 0.29) is 11.7 Å². The average molecular weight is 242 g/mol. The SMILES string of the molecule is CCCNCCOc1c([N+](=O)[O-])nc(C)n1C. The lowest BCUT2D eigenvalue weighted by atomic mass is 10.5. The van der Waals surface area contributed by atoms with Crippen molar-refractivity contribution in [2.24, 2.45) is 7.05 Å². The van der Waals surface area contributed by atoms with Crippen LogP contribution in [0.2, 0.25) is 0 Å². The van der Waals surface area contributed by atoms with Crippen LogP contribution in [-0.2, 0) is 7.05 Å². The van der Waals surface area contributed by atoms with E-state index in [9.17, 15) is 10.1 Å². The molecule has 17 heavy (non-hydrogen) atoms. The summed E-state index contributed by atoms with van der Waals surface area (Å²) in [5.41, 5.74) is 0. The summed E-state index contributed by atoms with van der Waals surface area (Å²) in [6, 6.07) is 0. The van der Waals surface area contributed by atoms with E-state index in [2.05, 4.69) is 17.2 Å². The Kier molecular flexibility index (Phi) is 4.89. The van der Waals surface area contributed by atoms with Gasteiger partial charge >= 0.3 is 5.82 Å². The number of rotatable bonds is 7. The molecule has 0 saturated carbocycles. The van der Waals surface area contributed by atoms with Crippen LogP contribution < -0.4 is 10.1 Å². The number of ether oxygens (including phenoxy) is 1. The Hall–Kier alpha value is -1.63. The maximum atomic E-state index is 10.8. The summed E-state index contributed by atoms with van der Waals surface area (Å²) in [7, 11) is 1.70. The number of nitro groups is 1. The van der Waals surface area contributed by atoms with Crippen LogP contribution in [0.15, 0.2) is 0 Å². The third kappa shape index (κ3) is 3.42. The minimum absolute atomic E-state index is 0.214. The number of hydrogen-bond acceptors (Lipinski definition) is 5. The molecule has 1 heterocycles. The molecule has 0 radical (unpaired) electrons. The Labute approximate surface area is 99.9 Å². The molecule has 0 unspecified atom stereocenters. The fourth-order valence-electron chi connectivity index (χ4n) is 1.37. The molecule has 0 fully saturated rings. The second-order valence-electron chi connectivity index (χ2n) is 3.70. The first-order valence-electron chi connectivity index (χ1n) is 5.59. The van der Waals surface area contributed by atoms with E-state index in [0.717, 1.165) is 13.0 Å². The molecule has 1 aromatic rings. The molecule has 0 atom stereocenters. The Morgan fingerprint density at radius 2 is 2.24 bits per heavy atom. The lowest BCUT2D eigenvalue weighted by Crippen LogP contribution is -2.22. The van der Waals surface area contributed by atoms with Crippen molar-refractivity contribution in [3.8, 4) is 5.88 Å². The lowest BCUT2D eigenvalue weighted by Gasteiger charge is -2.06. The fraction of sp³-hybridized carbons (Fsp3) is 0.700. The Morgan fingerprint density at radius 1 is 1.53 bits per heavy atom. The molecule has 0 aromatic carbocycles. The summed E-state index contributed by atoms with van der Waals surface area (Å²) in [6.45, 7) is 5.74. The van der Waals surface area contributed by atoms with Crippen LogP contribution in [0.25, 0.3) is 0 Å². The van der Waals surface area contributed by atoms with Crippen LogP contribution in [-0.4, -0.2) is 34.2 Å². The molecular formula is C10H18N4O3. The first kappa shape index (κ1) is 13.4. The number of nitrogens with one attached hydrogen (secondary N) is 1.